The molecule has 0 spiro atoms. The molecule has 54 heavy (non-hydrogen) atoms. The largest absolute Gasteiger partial charge is 0.310 e. The van der Waals surface area contributed by atoms with Gasteiger partial charge in [-0.05, 0) is 75.5 Å². The second-order valence-corrected chi connectivity index (χ2v) is 13.7. The van der Waals surface area contributed by atoms with Crippen LogP contribution in [-0.2, 0) is 0 Å². The van der Waals surface area contributed by atoms with Gasteiger partial charge in [-0.3, -0.25) is 0 Å². The van der Waals surface area contributed by atoms with Crippen molar-refractivity contribution in [2.45, 2.75) is 0 Å². The van der Waals surface area contributed by atoms with Gasteiger partial charge in [-0.25, -0.2) is 0 Å². The van der Waals surface area contributed by atoms with Crippen LogP contribution in [0.25, 0.3) is 71.6 Å². The summed E-state index contributed by atoms with van der Waals surface area (Å²) < 4.78 is 2.48. The van der Waals surface area contributed by atoms with E-state index in [-0.39, 0.29) is 0 Å². The Hall–Kier alpha value is -7.16. The van der Waals surface area contributed by atoms with Crippen LogP contribution >= 0.6 is 0 Å². The molecule has 0 aliphatic heterocycles. The minimum Gasteiger partial charge on any atom is -0.310 e. The van der Waals surface area contributed by atoms with E-state index in [9.17, 15) is 0 Å². The van der Waals surface area contributed by atoms with Crippen LogP contribution in [0.4, 0.5) is 17.1 Å². The van der Waals surface area contributed by atoms with E-state index in [2.05, 4.69) is 228 Å². The standard InChI is InChI=1S/C52H36N2/c1-4-18-38(19-5-1)44-25-12-14-28-48(44)53(42-32-31-37-17-10-11-24-41(37)35-42)43-33-34-47-46-26-13-15-29-49(46)54(51(47)36-43)50-30-16-27-45(39-20-6-2-7-21-39)52(50)40-22-8-3-9-23-40/h1-36H. The summed E-state index contributed by atoms with van der Waals surface area (Å²) in [6.45, 7) is 0. The highest BCUT2D eigenvalue weighted by Crippen LogP contribution is 2.45. The van der Waals surface area contributed by atoms with Crippen LogP contribution in [0.3, 0.4) is 0 Å². The molecule has 0 unspecified atom stereocenters. The third-order valence-electron chi connectivity index (χ3n) is 10.6. The third kappa shape index (κ3) is 5.44. The second kappa shape index (κ2) is 13.4. The molecule has 0 bridgehead atoms. The van der Waals surface area contributed by atoms with Gasteiger partial charge in [0.25, 0.3) is 0 Å². The molecule has 0 N–H and O–H groups in total. The van der Waals surface area contributed by atoms with Gasteiger partial charge in [0.1, 0.15) is 0 Å². The number of benzene rings is 9. The lowest BCUT2D eigenvalue weighted by Crippen LogP contribution is -2.11. The molecule has 2 heteroatoms. The molecular weight excluding hydrogens is 653 g/mol. The molecule has 0 saturated carbocycles. The van der Waals surface area contributed by atoms with Crippen LogP contribution < -0.4 is 4.90 Å². The number of hydrogen-bond acceptors (Lipinski definition) is 1. The van der Waals surface area contributed by atoms with Crippen LogP contribution in [0.1, 0.15) is 0 Å². The Morgan fingerprint density at radius 1 is 0.333 bits per heavy atom. The summed E-state index contributed by atoms with van der Waals surface area (Å²) in [7, 11) is 0. The van der Waals surface area contributed by atoms with Crippen molar-refractivity contribution in [2.75, 3.05) is 4.90 Å². The summed E-state index contributed by atoms with van der Waals surface area (Å²) in [6, 6.07) is 79.0. The number of para-hydroxylation sites is 2. The summed E-state index contributed by atoms with van der Waals surface area (Å²) in [4.78, 5) is 2.43. The van der Waals surface area contributed by atoms with Gasteiger partial charge in [0.2, 0.25) is 0 Å². The second-order valence-electron chi connectivity index (χ2n) is 13.7. The summed E-state index contributed by atoms with van der Waals surface area (Å²) >= 11 is 0. The average Bonchev–Trinajstić information content (AvgIpc) is 3.58. The topological polar surface area (TPSA) is 8.17 Å². The predicted molar refractivity (Wildman–Crippen MR) is 229 cm³/mol. The molecule has 9 aromatic carbocycles. The molecule has 0 saturated heterocycles. The van der Waals surface area contributed by atoms with Gasteiger partial charge in [-0.15, -0.1) is 0 Å². The lowest BCUT2D eigenvalue weighted by molar-refractivity contribution is 1.18. The highest BCUT2D eigenvalue weighted by molar-refractivity contribution is 6.11. The van der Waals surface area contributed by atoms with Crippen molar-refractivity contribution in [2.24, 2.45) is 0 Å². The molecular formula is C52H36N2. The maximum Gasteiger partial charge on any atom is 0.0562 e. The molecule has 0 fully saturated rings. The van der Waals surface area contributed by atoms with Gasteiger partial charge in [0, 0.05) is 33.3 Å². The molecule has 10 rings (SSSR count). The molecule has 0 aliphatic rings. The number of rotatable bonds is 7. The maximum absolute atomic E-state index is 2.48. The van der Waals surface area contributed by atoms with Crippen molar-refractivity contribution in [3.63, 3.8) is 0 Å². The van der Waals surface area contributed by atoms with Crippen molar-refractivity contribution >= 4 is 49.6 Å². The van der Waals surface area contributed by atoms with Crippen LogP contribution in [0.2, 0.25) is 0 Å². The number of anilines is 3. The summed E-state index contributed by atoms with van der Waals surface area (Å²) in [5.41, 5.74) is 13.9. The fraction of sp³-hybridized carbons (Fsp3) is 0. The Morgan fingerprint density at radius 3 is 1.67 bits per heavy atom. The number of fused-ring (bicyclic) bond motifs is 4. The maximum atomic E-state index is 2.48. The Labute approximate surface area is 315 Å². The Balaban J connectivity index is 1.27. The fourth-order valence-corrected chi connectivity index (χ4v) is 8.12. The first-order valence-electron chi connectivity index (χ1n) is 18.5. The molecule has 254 valence electrons. The zero-order valence-corrected chi connectivity index (χ0v) is 29.7. The quantitative estimate of drug-likeness (QED) is 0.162. The van der Waals surface area contributed by atoms with E-state index in [1.165, 1.54) is 60.4 Å². The van der Waals surface area contributed by atoms with Crippen molar-refractivity contribution in [3.05, 3.63) is 218 Å². The molecule has 0 radical (unpaired) electrons. The van der Waals surface area contributed by atoms with Gasteiger partial charge in [-0.2, -0.15) is 0 Å². The summed E-state index contributed by atoms with van der Waals surface area (Å²) in [6.07, 6.45) is 0. The fourth-order valence-electron chi connectivity index (χ4n) is 8.12. The van der Waals surface area contributed by atoms with E-state index in [0.717, 1.165) is 28.3 Å². The third-order valence-corrected chi connectivity index (χ3v) is 10.6. The SMILES string of the molecule is c1ccc(-c2ccccc2N(c2ccc3ccccc3c2)c2ccc3c4ccccc4n(-c4cccc(-c5ccccc5)c4-c4ccccc4)c3c2)cc1. The predicted octanol–water partition coefficient (Wildman–Crippen LogP) is 14.4. The molecule has 1 aromatic heterocycles. The average molecular weight is 689 g/mol. The van der Waals surface area contributed by atoms with Crippen LogP contribution in [0, 0.1) is 0 Å². The van der Waals surface area contributed by atoms with Gasteiger partial charge < -0.3 is 9.47 Å². The van der Waals surface area contributed by atoms with E-state index in [1.54, 1.807) is 0 Å². The van der Waals surface area contributed by atoms with E-state index < -0.39 is 0 Å². The van der Waals surface area contributed by atoms with Crippen molar-refractivity contribution < 1.29 is 0 Å². The molecule has 1 heterocycles. The Kier molecular flexibility index (Phi) is 7.85. The van der Waals surface area contributed by atoms with Crippen molar-refractivity contribution in [3.8, 4) is 39.1 Å². The zero-order valence-electron chi connectivity index (χ0n) is 29.7. The van der Waals surface area contributed by atoms with E-state index >= 15 is 0 Å². The minimum absolute atomic E-state index is 1.09. The summed E-state index contributed by atoms with van der Waals surface area (Å²) in [5, 5.41) is 4.87. The van der Waals surface area contributed by atoms with Crippen LogP contribution in [0.5, 0.6) is 0 Å². The number of hydrogen-bond donors (Lipinski definition) is 0. The lowest BCUT2D eigenvalue weighted by atomic mass is 9.93. The highest BCUT2D eigenvalue weighted by atomic mass is 15.1. The Bertz CT molecular complexity index is 2930. The normalized spacial score (nSPS) is 11.3. The van der Waals surface area contributed by atoms with Crippen LogP contribution in [0.15, 0.2) is 218 Å². The molecule has 2 nitrogen and oxygen atoms in total. The smallest absolute Gasteiger partial charge is 0.0562 e. The number of aromatic nitrogens is 1. The summed E-state index contributed by atoms with van der Waals surface area (Å²) in [5.74, 6) is 0. The molecule has 0 amide bonds. The van der Waals surface area contributed by atoms with Crippen LogP contribution in [-0.4, -0.2) is 4.57 Å². The van der Waals surface area contributed by atoms with Gasteiger partial charge in [-0.1, -0.05) is 176 Å². The van der Waals surface area contributed by atoms with Gasteiger partial charge >= 0.3 is 0 Å². The molecule has 10 aromatic rings. The zero-order chi connectivity index (χ0) is 35.8. The first-order valence-corrected chi connectivity index (χ1v) is 18.5. The Morgan fingerprint density at radius 2 is 0.889 bits per heavy atom. The van der Waals surface area contributed by atoms with E-state index in [1.807, 2.05) is 0 Å². The number of nitrogens with zero attached hydrogens (tertiary/aromatic N) is 2. The molecule has 0 atom stereocenters. The van der Waals surface area contributed by atoms with E-state index in [0.29, 0.717) is 0 Å². The van der Waals surface area contributed by atoms with Gasteiger partial charge in [0.15, 0.2) is 0 Å². The van der Waals surface area contributed by atoms with E-state index in [4.69, 9.17) is 0 Å². The molecule has 0 aliphatic carbocycles. The van der Waals surface area contributed by atoms with Crippen molar-refractivity contribution in [1.82, 2.24) is 4.57 Å². The first-order chi connectivity index (χ1) is 26.8. The minimum atomic E-state index is 1.09. The van der Waals surface area contributed by atoms with Crippen molar-refractivity contribution in [1.29, 1.82) is 0 Å². The van der Waals surface area contributed by atoms with Gasteiger partial charge in [0.05, 0.1) is 22.4 Å². The first kappa shape index (κ1) is 31.6. The monoisotopic (exact) mass is 688 g/mol. The lowest BCUT2D eigenvalue weighted by Gasteiger charge is -2.28. The highest BCUT2D eigenvalue weighted by Gasteiger charge is 2.22.